The van der Waals surface area contributed by atoms with Crippen molar-refractivity contribution in [2.75, 3.05) is 62.5 Å². The van der Waals surface area contributed by atoms with E-state index in [1.807, 2.05) is 61.7 Å². The minimum Gasteiger partial charge on any atom is -0.348 e. The molecule has 76 heavy (non-hydrogen) atoms. The number of anilines is 1. The van der Waals surface area contributed by atoms with Gasteiger partial charge in [-0.05, 0) is 116 Å². The zero-order chi connectivity index (χ0) is 56.5. The molecule has 0 radical (unpaired) electrons. The van der Waals surface area contributed by atoms with Crippen molar-refractivity contribution < 1.29 is 71.1 Å². The lowest BCUT2D eigenvalue weighted by atomic mass is 9.81. The van der Waals surface area contributed by atoms with Gasteiger partial charge < -0.3 is 28.3 Å². The molecule has 0 fully saturated rings. The number of allylic oxidation sites excluding steroid dienone is 4. The average Bonchev–Trinajstić information content (AvgIpc) is 3.67. The summed E-state index contributed by atoms with van der Waals surface area (Å²) in [5.74, 6) is -2.82. The van der Waals surface area contributed by atoms with Crippen molar-refractivity contribution in [3.63, 3.8) is 0 Å². The first-order valence-corrected chi connectivity index (χ1v) is 31.9. The van der Waals surface area contributed by atoms with Gasteiger partial charge in [0, 0.05) is 66.1 Å². The first-order valence-electron chi connectivity index (χ1n) is 26.0. The minimum absolute atomic E-state index is 0.0607. The Hall–Kier alpha value is -3.58. The van der Waals surface area contributed by atoms with E-state index in [0.29, 0.717) is 51.8 Å². The molecule has 0 saturated heterocycles. The first kappa shape index (κ1) is 64.9. The van der Waals surface area contributed by atoms with Crippen molar-refractivity contribution >= 4 is 64.7 Å². The summed E-state index contributed by atoms with van der Waals surface area (Å²) in [4.78, 5) is 13.4. The van der Waals surface area contributed by atoms with Crippen molar-refractivity contribution in [1.29, 1.82) is 5.26 Å². The quantitative estimate of drug-likeness (QED) is 0.0256. The van der Waals surface area contributed by atoms with Crippen LogP contribution in [0.3, 0.4) is 0 Å². The number of halogens is 3. The number of carbonyl (C=O) groups excluding carboxylic acids is 1. The van der Waals surface area contributed by atoms with E-state index in [1.165, 1.54) is 0 Å². The van der Waals surface area contributed by atoms with Gasteiger partial charge in [-0.15, -0.1) is 0 Å². The molecule has 2 heterocycles. The standard InChI is InChI=1S/C52H78F3N5O12P2S2/c1-40(2)60(41(3)4)73(70-34-22-29-56)69-33-16-9-10-17-35-71-74(62,72-36-18-13-30-57-49(61)52(53,54)55)42-27-28-46-44(39-42)51(7,8)48(59(46)32-15-20-38-76(66,67)68)26-21-25-47-50(5,6)43-23-11-12-24-45(43)58(47)31-14-19-37-75(63,64)65/h11-12,21,23-28,39-41H,9-10,13-20,22,30-38H2,1-8H3,(H2-,57,61,63,64,65,66,67,68)/p+1. The van der Waals surface area contributed by atoms with Crippen LogP contribution in [0.1, 0.15) is 137 Å². The van der Waals surface area contributed by atoms with E-state index < -0.39 is 65.0 Å². The Balaban J connectivity index is 1.61. The van der Waals surface area contributed by atoms with E-state index in [1.54, 1.807) is 12.1 Å². The molecule has 17 nitrogen and oxygen atoms in total. The number of nitriles is 1. The van der Waals surface area contributed by atoms with Crippen molar-refractivity contribution in [3.8, 4) is 6.07 Å². The molecule has 1 amide bonds. The summed E-state index contributed by atoms with van der Waals surface area (Å²) < 4.78 is 147. The molecule has 0 spiro atoms. The van der Waals surface area contributed by atoms with Crippen LogP contribution < -0.4 is 15.5 Å². The highest BCUT2D eigenvalue weighted by Gasteiger charge is 2.45. The van der Waals surface area contributed by atoms with Crippen LogP contribution >= 0.6 is 16.1 Å². The van der Waals surface area contributed by atoms with Gasteiger partial charge >= 0.3 is 19.7 Å². The van der Waals surface area contributed by atoms with Crippen molar-refractivity contribution in [3.05, 3.63) is 77.5 Å². The molecule has 4 rings (SSSR count). The van der Waals surface area contributed by atoms with Gasteiger partial charge in [-0.2, -0.15) is 39.8 Å². The molecule has 0 aromatic heterocycles. The van der Waals surface area contributed by atoms with Crippen LogP contribution in [0.2, 0.25) is 0 Å². The average molecular weight is 1150 g/mol. The lowest BCUT2D eigenvalue weighted by Gasteiger charge is -2.35. The van der Waals surface area contributed by atoms with Crippen LogP contribution in [0.15, 0.2) is 66.4 Å². The number of hydrogen-bond acceptors (Lipinski definition) is 13. The maximum atomic E-state index is 15.0. The highest BCUT2D eigenvalue weighted by Crippen LogP contribution is 2.53. The highest BCUT2D eigenvalue weighted by atomic mass is 32.2. The Labute approximate surface area is 450 Å². The number of fused-ring (bicyclic) bond motifs is 2. The number of para-hydroxylation sites is 1. The van der Waals surface area contributed by atoms with Crippen LogP contribution in [0.25, 0.3) is 0 Å². The third kappa shape index (κ3) is 19.1. The molecule has 0 bridgehead atoms. The number of carbonyl (C=O) groups is 1. The van der Waals surface area contributed by atoms with E-state index in [2.05, 4.69) is 67.8 Å². The normalized spacial score (nSPS) is 17.2. The van der Waals surface area contributed by atoms with Crippen molar-refractivity contribution in [2.45, 2.75) is 155 Å². The highest BCUT2D eigenvalue weighted by molar-refractivity contribution is 7.86. The molecule has 2 aliphatic rings. The van der Waals surface area contributed by atoms with E-state index in [4.69, 9.17) is 23.4 Å². The van der Waals surface area contributed by atoms with Crippen LogP contribution in [0.4, 0.5) is 24.5 Å². The van der Waals surface area contributed by atoms with Gasteiger partial charge in [-0.25, -0.2) is 4.67 Å². The van der Waals surface area contributed by atoms with Gasteiger partial charge in [0.15, 0.2) is 5.71 Å². The number of hydrogen-bond donors (Lipinski definition) is 3. The van der Waals surface area contributed by atoms with Crippen LogP contribution in [0, 0.1) is 11.3 Å². The van der Waals surface area contributed by atoms with Crippen LogP contribution in [-0.4, -0.2) is 123 Å². The maximum absolute atomic E-state index is 15.0. The van der Waals surface area contributed by atoms with E-state index in [-0.39, 0.29) is 81.6 Å². The lowest BCUT2D eigenvalue weighted by Crippen LogP contribution is -2.37. The van der Waals surface area contributed by atoms with Gasteiger partial charge in [0.25, 0.3) is 28.8 Å². The third-order valence-electron chi connectivity index (χ3n) is 13.1. The second kappa shape index (κ2) is 29.0. The topological polar surface area (TPSA) is 225 Å². The Bertz CT molecular complexity index is 2670. The number of amides is 1. The molecule has 2 aliphatic heterocycles. The predicted molar refractivity (Wildman–Crippen MR) is 292 cm³/mol. The van der Waals surface area contributed by atoms with Gasteiger partial charge in [0.05, 0.1) is 61.1 Å². The molecule has 24 heteroatoms. The fourth-order valence-electron chi connectivity index (χ4n) is 9.39. The fourth-order valence-corrected chi connectivity index (χ4v) is 13.8. The van der Waals surface area contributed by atoms with Crippen LogP contribution in [0.5, 0.6) is 0 Å². The Morgan fingerprint density at radius 2 is 1.42 bits per heavy atom. The maximum Gasteiger partial charge on any atom is 0.471 e. The first-order chi connectivity index (χ1) is 35.5. The zero-order valence-corrected chi connectivity index (χ0v) is 48.6. The van der Waals surface area contributed by atoms with E-state index in [0.717, 1.165) is 40.3 Å². The smallest absolute Gasteiger partial charge is 0.348 e. The lowest BCUT2D eigenvalue weighted by molar-refractivity contribution is -0.438. The minimum atomic E-state index is -5.02. The Morgan fingerprint density at radius 1 is 0.829 bits per heavy atom. The summed E-state index contributed by atoms with van der Waals surface area (Å²) in [6.07, 6.45) is 5.48. The largest absolute Gasteiger partial charge is 0.471 e. The molecule has 3 N–H and O–H groups in total. The summed E-state index contributed by atoms with van der Waals surface area (Å²) in [6.45, 7) is 17.7. The Kier molecular flexibility index (Phi) is 24.8. The number of rotatable bonds is 34. The summed E-state index contributed by atoms with van der Waals surface area (Å²) in [5, 5.41) is 11.1. The predicted octanol–water partition coefficient (Wildman–Crippen LogP) is 10.8. The van der Waals surface area contributed by atoms with Gasteiger partial charge in [0.2, 0.25) is 5.69 Å². The van der Waals surface area contributed by atoms with Gasteiger partial charge in [-0.1, -0.05) is 51.0 Å². The fraction of sp³-hybridized carbons (Fsp3) is 0.635. The third-order valence-corrected chi connectivity index (χ3v) is 18.8. The molecule has 2 aromatic rings. The molecule has 2 aromatic carbocycles. The summed E-state index contributed by atoms with van der Waals surface area (Å²) in [5.41, 5.74) is 4.22. The Morgan fingerprint density at radius 3 is 2.03 bits per heavy atom. The molecule has 0 saturated carbocycles. The van der Waals surface area contributed by atoms with Crippen molar-refractivity contribution in [2.24, 2.45) is 0 Å². The molecule has 2 unspecified atom stereocenters. The number of nitrogens with zero attached hydrogens (tertiary/aromatic N) is 4. The van der Waals surface area contributed by atoms with Crippen molar-refractivity contribution in [1.82, 2.24) is 9.99 Å². The van der Waals surface area contributed by atoms with E-state index in [9.17, 15) is 43.9 Å². The number of benzene rings is 2. The van der Waals surface area contributed by atoms with Crippen LogP contribution in [-0.2, 0) is 58.5 Å². The molecule has 426 valence electrons. The molecular weight excluding hydrogens is 1070 g/mol. The second-order valence-corrected chi connectivity index (χ2v) is 27.1. The van der Waals surface area contributed by atoms with Gasteiger partial charge in [-0.3, -0.25) is 18.5 Å². The summed E-state index contributed by atoms with van der Waals surface area (Å²) in [7, 11) is -13.8. The summed E-state index contributed by atoms with van der Waals surface area (Å²) in [6, 6.07) is 15.7. The number of alkyl halides is 3. The number of nitrogens with one attached hydrogen (secondary N) is 1. The molecule has 0 aliphatic carbocycles. The SMILES string of the molecule is CC(C)N(C(C)C)P(OCCC#N)OCCCCCCOP(=O)(OCCCCNC(=O)C(F)(F)F)c1ccc2c(c1)C(C)(C)C(=CC=CC1=[N+](CCCCS(=O)(=O)O)c3ccccc3C1(C)C)N2CCCCS(=O)(=O)O. The van der Waals surface area contributed by atoms with Gasteiger partial charge in [0.1, 0.15) is 6.54 Å². The zero-order valence-electron chi connectivity index (χ0n) is 45.2. The molecular formula is C52H79F3N5O12P2S2+. The number of unbranched alkanes of at least 4 members (excludes halogenated alkanes) is 6. The van der Waals surface area contributed by atoms with E-state index >= 15 is 4.57 Å². The molecule has 2 atom stereocenters. The monoisotopic (exact) mass is 1150 g/mol. The summed E-state index contributed by atoms with van der Waals surface area (Å²) >= 11 is 0. The second-order valence-electron chi connectivity index (χ2n) is 20.5.